The molecule has 4 rings (SSSR count). The van der Waals surface area contributed by atoms with E-state index in [0.717, 1.165) is 0 Å². The molecular weight excluding hydrogens is 566 g/mol. The number of halogens is 6. The van der Waals surface area contributed by atoms with Crippen LogP contribution in [0.2, 0.25) is 0 Å². The van der Waals surface area contributed by atoms with E-state index in [-0.39, 0.29) is 14.5 Å². The topological polar surface area (TPSA) is 9.49 Å². The summed E-state index contributed by atoms with van der Waals surface area (Å²) in [5.41, 5.74) is 6.49. The molecule has 1 aliphatic carbocycles. The fourth-order valence-electron chi connectivity index (χ4n) is 3.66. The maximum atomic E-state index is 9.87. The zero-order valence-electron chi connectivity index (χ0n) is 20.7. The van der Waals surface area contributed by atoms with Crippen molar-refractivity contribution in [1.82, 2.24) is 4.58 Å². The van der Waals surface area contributed by atoms with Gasteiger partial charge in [-0.15, -0.1) is 0 Å². The molecule has 11 heteroatoms. The van der Waals surface area contributed by atoms with Crippen molar-refractivity contribution >= 4 is 43.3 Å². The normalized spacial score (nSPS) is 13.4. The monoisotopic (exact) mass is 595 g/mol. The van der Waals surface area contributed by atoms with Gasteiger partial charge in [-0.2, -0.15) is 0 Å². The van der Waals surface area contributed by atoms with E-state index < -0.39 is 7.81 Å². The Labute approximate surface area is 212 Å². The third kappa shape index (κ3) is 7.73. The van der Waals surface area contributed by atoms with Crippen molar-refractivity contribution in [2.45, 2.75) is 0 Å². The Morgan fingerprint density at radius 3 is 1.72 bits per heavy atom. The molecule has 1 heterocycles. The van der Waals surface area contributed by atoms with Gasteiger partial charge < -0.3 is 0 Å². The molecule has 2 aromatic carbocycles. The third-order valence-corrected chi connectivity index (χ3v) is 7.73. The van der Waals surface area contributed by atoms with Crippen molar-refractivity contribution in [3.05, 3.63) is 66.0 Å². The van der Waals surface area contributed by atoms with Crippen molar-refractivity contribution < 1.29 is 25.2 Å². The van der Waals surface area contributed by atoms with Gasteiger partial charge in [0.15, 0.2) is 0 Å². The average molecular weight is 594 g/mol. The van der Waals surface area contributed by atoms with Crippen molar-refractivity contribution in [2.24, 2.45) is 0 Å². The van der Waals surface area contributed by atoms with Gasteiger partial charge in [0.2, 0.25) is 0 Å². The third-order valence-electron chi connectivity index (χ3n) is 5.39. The van der Waals surface area contributed by atoms with Crippen molar-refractivity contribution in [1.29, 1.82) is 0 Å². The predicted molar refractivity (Wildman–Crippen MR) is 142 cm³/mol. The summed E-state index contributed by atoms with van der Waals surface area (Å²) in [4.78, 5) is 4.33. The van der Waals surface area contributed by atoms with E-state index in [0.29, 0.717) is 0 Å². The molecule has 0 bridgehead atoms. The quantitative estimate of drug-likeness (QED) is 0.0816. The SMILES string of the molecule is CN(C)c1ccc(-c2c3ccc(=[N+](C)C)cc-3[se]c3cc(N(C)C)ccc23)cc1.F[P-](F)(F)(F)(F)F. The Morgan fingerprint density at radius 1 is 0.694 bits per heavy atom. The van der Waals surface area contributed by atoms with Crippen LogP contribution in [-0.4, -0.2) is 56.8 Å². The van der Waals surface area contributed by atoms with Crippen LogP contribution in [0.4, 0.5) is 36.6 Å². The van der Waals surface area contributed by atoms with Gasteiger partial charge in [-0.25, -0.2) is 0 Å². The molecule has 0 N–H and O–H groups in total. The first-order valence-electron chi connectivity index (χ1n) is 10.8. The van der Waals surface area contributed by atoms with Crippen LogP contribution in [0.5, 0.6) is 0 Å². The summed E-state index contributed by atoms with van der Waals surface area (Å²) in [7, 11) is 1.96. The molecular formula is C25H28F6N3PSe. The zero-order valence-corrected chi connectivity index (χ0v) is 23.3. The summed E-state index contributed by atoms with van der Waals surface area (Å²) in [5.74, 6) is 0. The fraction of sp³-hybridized carbons (Fsp3) is 0.240. The molecule has 2 aliphatic rings. The number of hydrogen-bond acceptors (Lipinski definition) is 2. The van der Waals surface area contributed by atoms with Gasteiger partial charge in [-0.3, -0.25) is 0 Å². The van der Waals surface area contributed by atoms with Crippen LogP contribution >= 0.6 is 7.81 Å². The number of anilines is 2. The molecule has 196 valence electrons. The zero-order chi connectivity index (χ0) is 27.1. The van der Waals surface area contributed by atoms with Gasteiger partial charge in [-0.1, -0.05) is 0 Å². The average Bonchev–Trinajstić information content (AvgIpc) is 2.74. The molecule has 0 saturated heterocycles. The summed E-state index contributed by atoms with van der Waals surface area (Å²) in [5, 5.41) is 2.64. The molecule has 0 radical (unpaired) electrons. The summed E-state index contributed by atoms with van der Waals surface area (Å²) in [6, 6.07) is 22.8. The molecule has 1 aliphatic heterocycles. The van der Waals surface area contributed by atoms with E-state index in [9.17, 15) is 25.2 Å². The van der Waals surface area contributed by atoms with Gasteiger partial charge >= 0.3 is 212 Å². The van der Waals surface area contributed by atoms with E-state index in [2.05, 4.69) is 117 Å². The summed E-state index contributed by atoms with van der Waals surface area (Å²) in [6.07, 6.45) is 0. The number of fused-ring (bicyclic) bond motifs is 2. The van der Waals surface area contributed by atoms with Crippen LogP contribution in [0, 0.1) is 0 Å². The number of benzene rings is 3. The van der Waals surface area contributed by atoms with Crippen molar-refractivity contribution in [3.63, 3.8) is 0 Å². The number of nitrogens with zero attached hydrogens (tertiary/aromatic N) is 3. The van der Waals surface area contributed by atoms with Crippen LogP contribution in [-0.2, 0) is 0 Å². The minimum absolute atomic E-state index is 0.287. The molecule has 0 unspecified atom stereocenters. The summed E-state index contributed by atoms with van der Waals surface area (Å²) >= 11 is 0.287. The van der Waals surface area contributed by atoms with Crippen LogP contribution in [0.3, 0.4) is 0 Å². The molecule has 0 spiro atoms. The number of hydrogen-bond donors (Lipinski definition) is 0. The minimum atomic E-state index is -10.7. The Hall–Kier alpha value is -2.54. The van der Waals surface area contributed by atoms with Crippen LogP contribution in [0.1, 0.15) is 0 Å². The second-order valence-corrected chi connectivity index (χ2v) is 13.2. The maximum absolute atomic E-state index is 10.7. The molecule has 0 saturated carbocycles. The molecule has 2 aromatic rings. The van der Waals surface area contributed by atoms with E-state index in [4.69, 9.17) is 0 Å². The molecule has 0 fully saturated rings. The standard InChI is InChI=1S/C25H28N3Se.F6P/c1-26(2)18-9-7-17(8-10-18)25-21-13-11-19(27(3)4)15-23(21)29-24-16-20(28(5)6)12-14-22(24)25;1-7(2,3,4,5)6/h7-16H,1-6H3;/q+1;-1. The van der Waals surface area contributed by atoms with Gasteiger partial charge in [-0.05, 0) is 0 Å². The second kappa shape index (κ2) is 9.09. The van der Waals surface area contributed by atoms with E-state index in [1.807, 2.05) is 0 Å². The Bertz CT molecular complexity index is 1430. The summed E-state index contributed by atoms with van der Waals surface area (Å²) < 4.78 is 64.3. The first kappa shape index (κ1) is 28.0. The Balaban J connectivity index is 0.000000454. The first-order valence-corrected chi connectivity index (χ1v) is 14.6. The van der Waals surface area contributed by atoms with E-state index >= 15 is 0 Å². The van der Waals surface area contributed by atoms with E-state index in [1.165, 1.54) is 47.5 Å². The van der Waals surface area contributed by atoms with Crippen LogP contribution < -0.4 is 19.7 Å². The molecule has 36 heavy (non-hydrogen) atoms. The fourth-order valence-corrected chi connectivity index (χ4v) is 6.09. The van der Waals surface area contributed by atoms with Gasteiger partial charge in [0.25, 0.3) is 0 Å². The molecule has 0 atom stereocenters. The van der Waals surface area contributed by atoms with E-state index in [1.54, 1.807) is 0 Å². The van der Waals surface area contributed by atoms with Crippen LogP contribution in [0.25, 0.3) is 30.8 Å². The number of rotatable bonds is 3. The van der Waals surface area contributed by atoms with Crippen LogP contribution in [0.15, 0.2) is 60.7 Å². The van der Waals surface area contributed by atoms with Gasteiger partial charge in [0.1, 0.15) is 0 Å². The summed E-state index contributed by atoms with van der Waals surface area (Å²) in [6.45, 7) is 0. The predicted octanol–water partition coefficient (Wildman–Crippen LogP) is 7.21. The van der Waals surface area contributed by atoms with Crippen molar-refractivity contribution in [3.8, 4) is 21.1 Å². The first-order chi connectivity index (χ1) is 16.3. The van der Waals surface area contributed by atoms with Crippen molar-refractivity contribution in [2.75, 3.05) is 52.1 Å². The Morgan fingerprint density at radius 2 is 1.22 bits per heavy atom. The Kier molecular flexibility index (Phi) is 7.08. The molecule has 0 aromatic heterocycles. The molecule has 0 amide bonds. The molecule has 3 nitrogen and oxygen atoms in total. The second-order valence-electron chi connectivity index (χ2n) is 9.03. The van der Waals surface area contributed by atoms with Gasteiger partial charge in [0.05, 0.1) is 0 Å². The van der Waals surface area contributed by atoms with Gasteiger partial charge in [0, 0.05) is 0 Å².